The van der Waals surface area contributed by atoms with Gasteiger partial charge >= 0.3 is 0 Å². The van der Waals surface area contributed by atoms with E-state index in [9.17, 15) is 0 Å². The van der Waals surface area contributed by atoms with Crippen LogP contribution in [0.1, 0.15) is 54.8 Å². The average molecular weight is 295 g/mol. The zero-order valence-electron chi connectivity index (χ0n) is 11.7. The number of fused-ring (bicyclic) bond motifs is 1. The van der Waals surface area contributed by atoms with Crippen LogP contribution in [0.3, 0.4) is 0 Å². The molecule has 0 N–H and O–H groups in total. The van der Waals surface area contributed by atoms with E-state index in [0.717, 1.165) is 22.0 Å². The number of thiophene rings is 1. The van der Waals surface area contributed by atoms with Crippen molar-refractivity contribution >= 4 is 33.2 Å². The summed E-state index contributed by atoms with van der Waals surface area (Å²) >= 11 is 8.13. The highest BCUT2D eigenvalue weighted by atomic mass is 35.5. The van der Waals surface area contributed by atoms with Gasteiger partial charge in [0.25, 0.3) is 0 Å². The molecule has 102 valence electrons. The minimum Gasteiger partial charge on any atom is -0.222 e. The van der Waals surface area contributed by atoms with Crippen molar-refractivity contribution in [2.75, 3.05) is 0 Å². The summed E-state index contributed by atoms with van der Waals surface area (Å²) in [6, 6.07) is 0. The first kappa shape index (κ1) is 13.3. The van der Waals surface area contributed by atoms with E-state index in [-0.39, 0.29) is 0 Å². The summed E-state index contributed by atoms with van der Waals surface area (Å²) < 4.78 is 0. The second kappa shape index (κ2) is 5.02. The smallest absolute Gasteiger partial charge is 0.141 e. The Morgan fingerprint density at radius 1 is 1.21 bits per heavy atom. The SMILES string of the molecule is Cc1sc2nc(C3CCCC(C)C3)nc(Cl)c2c1C. The van der Waals surface area contributed by atoms with Crippen LogP contribution < -0.4 is 0 Å². The lowest BCUT2D eigenvalue weighted by Crippen LogP contribution is -2.14. The normalized spacial score (nSPS) is 24.0. The summed E-state index contributed by atoms with van der Waals surface area (Å²) in [5, 5.41) is 1.69. The number of rotatable bonds is 1. The van der Waals surface area contributed by atoms with Crippen LogP contribution in [0.4, 0.5) is 0 Å². The zero-order chi connectivity index (χ0) is 13.6. The van der Waals surface area contributed by atoms with Crippen molar-refractivity contribution in [3.8, 4) is 0 Å². The highest BCUT2D eigenvalue weighted by molar-refractivity contribution is 7.18. The molecular weight excluding hydrogens is 276 g/mol. The molecular formula is C15H19ClN2S. The molecule has 0 aromatic carbocycles. The zero-order valence-corrected chi connectivity index (χ0v) is 13.2. The minimum absolute atomic E-state index is 0.494. The van der Waals surface area contributed by atoms with Crippen LogP contribution in [0.5, 0.6) is 0 Å². The molecule has 0 saturated heterocycles. The number of nitrogens with zero attached hydrogens (tertiary/aromatic N) is 2. The molecule has 0 spiro atoms. The van der Waals surface area contributed by atoms with Gasteiger partial charge in [-0.3, -0.25) is 0 Å². The first-order chi connectivity index (χ1) is 9.06. The van der Waals surface area contributed by atoms with Crippen LogP contribution >= 0.6 is 22.9 Å². The lowest BCUT2D eigenvalue weighted by atomic mass is 9.82. The quantitative estimate of drug-likeness (QED) is 0.671. The highest BCUT2D eigenvalue weighted by Crippen LogP contribution is 2.38. The van der Waals surface area contributed by atoms with Gasteiger partial charge in [0.05, 0.1) is 5.39 Å². The molecule has 1 aliphatic carbocycles. The summed E-state index contributed by atoms with van der Waals surface area (Å²) in [5.74, 6) is 2.24. The van der Waals surface area contributed by atoms with Gasteiger partial charge in [-0.15, -0.1) is 11.3 Å². The fourth-order valence-electron chi connectivity index (χ4n) is 3.07. The Balaban J connectivity index is 2.05. The number of aromatic nitrogens is 2. The molecule has 19 heavy (non-hydrogen) atoms. The molecule has 2 atom stereocenters. The Bertz CT molecular complexity index is 620. The summed E-state index contributed by atoms with van der Waals surface area (Å²) in [5.41, 5.74) is 1.23. The predicted octanol–water partition coefficient (Wildman–Crippen LogP) is 5.26. The molecule has 1 fully saturated rings. The third kappa shape index (κ3) is 2.38. The van der Waals surface area contributed by atoms with Gasteiger partial charge < -0.3 is 0 Å². The van der Waals surface area contributed by atoms with E-state index in [0.29, 0.717) is 11.1 Å². The number of aryl methyl sites for hydroxylation is 2. The third-order valence-electron chi connectivity index (χ3n) is 4.30. The standard InChI is InChI=1S/C15H19ClN2S/c1-8-5-4-6-11(7-8)14-17-13(16)12-9(2)10(3)19-15(12)18-14/h8,11H,4-7H2,1-3H3. The van der Waals surface area contributed by atoms with Gasteiger partial charge in [0.15, 0.2) is 0 Å². The molecule has 2 aromatic rings. The molecule has 0 aliphatic heterocycles. The minimum atomic E-state index is 0.494. The highest BCUT2D eigenvalue weighted by Gasteiger charge is 2.24. The fraction of sp³-hybridized carbons (Fsp3) is 0.600. The lowest BCUT2D eigenvalue weighted by molar-refractivity contribution is 0.336. The second-order valence-electron chi connectivity index (χ2n) is 5.80. The third-order valence-corrected chi connectivity index (χ3v) is 5.68. The first-order valence-corrected chi connectivity index (χ1v) is 8.19. The number of halogens is 1. The predicted molar refractivity (Wildman–Crippen MR) is 82.3 cm³/mol. The van der Waals surface area contributed by atoms with Gasteiger partial charge in [0.1, 0.15) is 15.8 Å². The molecule has 3 rings (SSSR count). The molecule has 1 aliphatic rings. The van der Waals surface area contributed by atoms with Crippen molar-refractivity contribution in [3.05, 3.63) is 21.4 Å². The fourth-order valence-corrected chi connectivity index (χ4v) is 4.48. The summed E-state index contributed by atoms with van der Waals surface area (Å²) in [4.78, 5) is 11.7. The molecule has 0 amide bonds. The van der Waals surface area contributed by atoms with E-state index in [1.807, 2.05) is 0 Å². The number of hydrogen-bond acceptors (Lipinski definition) is 3. The summed E-state index contributed by atoms with van der Waals surface area (Å²) in [6.45, 7) is 6.55. The Kier molecular flexibility index (Phi) is 3.52. The van der Waals surface area contributed by atoms with Gasteiger partial charge in [-0.2, -0.15) is 0 Å². The van der Waals surface area contributed by atoms with Crippen LogP contribution in [0, 0.1) is 19.8 Å². The van der Waals surface area contributed by atoms with Crippen molar-refractivity contribution in [2.45, 2.75) is 52.4 Å². The molecule has 0 radical (unpaired) electrons. The van der Waals surface area contributed by atoms with Crippen molar-refractivity contribution in [1.29, 1.82) is 0 Å². The average Bonchev–Trinajstić information content (AvgIpc) is 2.65. The van der Waals surface area contributed by atoms with E-state index in [1.165, 1.54) is 36.1 Å². The van der Waals surface area contributed by atoms with Gasteiger partial charge in [0.2, 0.25) is 0 Å². The Hall–Kier alpha value is -0.670. The monoisotopic (exact) mass is 294 g/mol. The van der Waals surface area contributed by atoms with E-state index in [4.69, 9.17) is 16.6 Å². The van der Waals surface area contributed by atoms with E-state index in [1.54, 1.807) is 11.3 Å². The molecule has 4 heteroatoms. The van der Waals surface area contributed by atoms with Gasteiger partial charge in [-0.05, 0) is 38.2 Å². The van der Waals surface area contributed by atoms with Gasteiger partial charge in [-0.25, -0.2) is 9.97 Å². The molecule has 1 saturated carbocycles. The molecule has 2 aromatic heterocycles. The Labute approximate surface area is 123 Å². The van der Waals surface area contributed by atoms with Crippen LogP contribution in [0.15, 0.2) is 0 Å². The van der Waals surface area contributed by atoms with Crippen LogP contribution in [-0.2, 0) is 0 Å². The lowest BCUT2D eigenvalue weighted by Gasteiger charge is -2.25. The Morgan fingerprint density at radius 2 is 2.00 bits per heavy atom. The maximum absolute atomic E-state index is 6.39. The maximum atomic E-state index is 6.39. The van der Waals surface area contributed by atoms with Gasteiger partial charge in [-0.1, -0.05) is 31.4 Å². The Morgan fingerprint density at radius 3 is 2.74 bits per heavy atom. The van der Waals surface area contributed by atoms with E-state index in [2.05, 4.69) is 25.8 Å². The van der Waals surface area contributed by atoms with Crippen LogP contribution in [0.2, 0.25) is 5.15 Å². The summed E-state index contributed by atoms with van der Waals surface area (Å²) in [7, 11) is 0. The number of hydrogen-bond donors (Lipinski definition) is 0. The van der Waals surface area contributed by atoms with Crippen molar-refractivity contribution in [1.82, 2.24) is 9.97 Å². The molecule has 2 heterocycles. The van der Waals surface area contributed by atoms with Crippen LogP contribution in [-0.4, -0.2) is 9.97 Å². The van der Waals surface area contributed by atoms with E-state index >= 15 is 0 Å². The molecule has 2 unspecified atom stereocenters. The second-order valence-corrected chi connectivity index (χ2v) is 7.37. The maximum Gasteiger partial charge on any atom is 0.141 e. The molecule has 2 nitrogen and oxygen atoms in total. The van der Waals surface area contributed by atoms with Crippen molar-refractivity contribution < 1.29 is 0 Å². The first-order valence-electron chi connectivity index (χ1n) is 6.99. The summed E-state index contributed by atoms with van der Waals surface area (Å²) in [6.07, 6.45) is 5.03. The van der Waals surface area contributed by atoms with E-state index < -0.39 is 0 Å². The molecule has 0 bridgehead atoms. The van der Waals surface area contributed by atoms with Crippen LogP contribution in [0.25, 0.3) is 10.2 Å². The topological polar surface area (TPSA) is 25.8 Å². The van der Waals surface area contributed by atoms with Crippen molar-refractivity contribution in [2.24, 2.45) is 5.92 Å². The van der Waals surface area contributed by atoms with Gasteiger partial charge in [0, 0.05) is 10.8 Å². The van der Waals surface area contributed by atoms with Crippen molar-refractivity contribution in [3.63, 3.8) is 0 Å². The largest absolute Gasteiger partial charge is 0.222 e.